The first-order chi connectivity index (χ1) is 10.0. The molecule has 0 saturated heterocycles. The molecule has 0 saturated carbocycles. The van der Waals surface area contributed by atoms with E-state index in [1.165, 1.54) is 0 Å². The van der Waals surface area contributed by atoms with E-state index in [1.54, 1.807) is 45.0 Å². The summed E-state index contributed by atoms with van der Waals surface area (Å²) in [4.78, 5) is 12.1. The lowest BCUT2D eigenvalue weighted by molar-refractivity contribution is -0.129. The van der Waals surface area contributed by atoms with Crippen LogP contribution >= 0.6 is 34.8 Å². The fourth-order valence-corrected chi connectivity index (χ4v) is 1.86. The molecule has 2 N–H and O–H groups in total. The van der Waals surface area contributed by atoms with E-state index in [-0.39, 0.29) is 5.91 Å². The maximum absolute atomic E-state index is 12.1. The number of hydrogen-bond donors (Lipinski definition) is 2. The monoisotopic (exact) mass is 366 g/mol. The van der Waals surface area contributed by atoms with Crippen LogP contribution < -0.4 is 15.4 Å². The Morgan fingerprint density at radius 2 is 1.73 bits per heavy atom. The third-order valence-corrected chi connectivity index (χ3v) is 3.41. The highest BCUT2D eigenvalue weighted by atomic mass is 35.6. The van der Waals surface area contributed by atoms with Gasteiger partial charge in [-0.1, -0.05) is 55.6 Å². The van der Waals surface area contributed by atoms with E-state index in [4.69, 9.17) is 39.5 Å². The molecule has 0 heterocycles. The van der Waals surface area contributed by atoms with Crippen LogP contribution in [0.4, 0.5) is 5.69 Å². The third-order valence-electron chi connectivity index (χ3n) is 2.76. The summed E-state index contributed by atoms with van der Waals surface area (Å²) in [5.41, 5.74) is 0.114. The smallest absolute Gasteiger partial charge is 0.228 e. The average molecular weight is 368 g/mol. The molecule has 0 spiro atoms. The Hall–Kier alpha value is -0.840. The molecule has 1 atom stereocenters. The van der Waals surface area contributed by atoms with Gasteiger partial charge in [-0.2, -0.15) is 0 Å². The van der Waals surface area contributed by atoms with Gasteiger partial charge in [-0.25, -0.2) is 0 Å². The second kappa shape index (κ2) is 7.62. The molecule has 1 aromatic carbocycles. The molecule has 0 radical (unpaired) electrons. The fourth-order valence-electron chi connectivity index (χ4n) is 1.53. The van der Waals surface area contributed by atoms with Gasteiger partial charge in [0.2, 0.25) is 9.70 Å². The molecule has 7 heteroatoms. The standard InChI is InChI=1S/C15H21Cl3N2O2/c1-5-22-11-8-6-10(7-9-11)19-12(15(16,17)18)20-13(21)14(2,3)4/h6-9,12,19H,5H2,1-4H3,(H,20,21). The van der Waals surface area contributed by atoms with Crippen molar-refractivity contribution < 1.29 is 9.53 Å². The first kappa shape index (κ1) is 19.2. The van der Waals surface area contributed by atoms with E-state index in [0.29, 0.717) is 12.3 Å². The zero-order chi connectivity index (χ0) is 17.0. The quantitative estimate of drug-likeness (QED) is 0.600. The molecular weight excluding hydrogens is 347 g/mol. The summed E-state index contributed by atoms with van der Waals surface area (Å²) in [7, 11) is 0. The highest BCUT2D eigenvalue weighted by Gasteiger charge is 2.36. The normalized spacial score (nSPS) is 13.4. The molecule has 0 aliphatic carbocycles. The summed E-state index contributed by atoms with van der Waals surface area (Å²) in [5.74, 6) is 0.527. The van der Waals surface area contributed by atoms with Crippen LogP contribution in [0.15, 0.2) is 24.3 Å². The van der Waals surface area contributed by atoms with Crippen molar-refractivity contribution in [2.45, 2.75) is 37.7 Å². The number of halogens is 3. The molecule has 1 aromatic rings. The van der Waals surface area contributed by atoms with E-state index < -0.39 is 15.4 Å². The molecule has 0 aliphatic heterocycles. The maximum Gasteiger partial charge on any atom is 0.228 e. The van der Waals surface area contributed by atoms with Gasteiger partial charge in [-0.3, -0.25) is 4.79 Å². The first-order valence-electron chi connectivity index (χ1n) is 6.91. The van der Waals surface area contributed by atoms with E-state index in [0.717, 1.165) is 5.75 Å². The van der Waals surface area contributed by atoms with E-state index in [2.05, 4.69) is 10.6 Å². The highest BCUT2D eigenvalue weighted by molar-refractivity contribution is 6.68. The Labute approximate surface area is 146 Å². The fraction of sp³-hybridized carbons (Fsp3) is 0.533. The second-order valence-corrected chi connectivity index (χ2v) is 8.17. The van der Waals surface area contributed by atoms with Crippen molar-refractivity contribution in [1.82, 2.24) is 5.32 Å². The van der Waals surface area contributed by atoms with Crippen molar-refractivity contribution in [3.63, 3.8) is 0 Å². The van der Waals surface area contributed by atoms with Crippen molar-refractivity contribution >= 4 is 46.4 Å². The number of rotatable bonds is 5. The van der Waals surface area contributed by atoms with E-state index in [9.17, 15) is 4.79 Å². The number of carbonyl (C=O) groups is 1. The number of ether oxygens (including phenoxy) is 1. The first-order valence-corrected chi connectivity index (χ1v) is 8.04. The van der Waals surface area contributed by atoms with E-state index >= 15 is 0 Å². The summed E-state index contributed by atoms with van der Waals surface area (Å²) in [6.45, 7) is 7.86. The van der Waals surface area contributed by atoms with Crippen molar-refractivity contribution in [1.29, 1.82) is 0 Å². The van der Waals surface area contributed by atoms with Gasteiger partial charge in [-0.05, 0) is 31.2 Å². The molecule has 0 bridgehead atoms. The summed E-state index contributed by atoms with van der Waals surface area (Å²) in [6, 6.07) is 7.18. The van der Waals surface area contributed by atoms with Crippen LogP contribution in [0.5, 0.6) is 5.75 Å². The van der Waals surface area contributed by atoms with Gasteiger partial charge >= 0.3 is 0 Å². The molecule has 0 fully saturated rings. The summed E-state index contributed by atoms with van der Waals surface area (Å²) < 4.78 is 3.67. The minimum absolute atomic E-state index is 0.220. The van der Waals surface area contributed by atoms with Crippen LogP contribution in [-0.2, 0) is 4.79 Å². The van der Waals surface area contributed by atoms with Crippen LogP contribution in [0.2, 0.25) is 0 Å². The van der Waals surface area contributed by atoms with Gasteiger partial charge in [0.05, 0.1) is 6.61 Å². The molecule has 22 heavy (non-hydrogen) atoms. The number of benzene rings is 1. The topological polar surface area (TPSA) is 50.4 Å². The summed E-state index contributed by atoms with van der Waals surface area (Å²) in [5, 5.41) is 5.72. The highest BCUT2D eigenvalue weighted by Crippen LogP contribution is 2.32. The van der Waals surface area contributed by atoms with Crippen molar-refractivity contribution in [2.24, 2.45) is 5.41 Å². The minimum atomic E-state index is -1.69. The van der Waals surface area contributed by atoms with Crippen LogP contribution in [0.3, 0.4) is 0 Å². The van der Waals surface area contributed by atoms with Crippen molar-refractivity contribution in [2.75, 3.05) is 11.9 Å². The van der Waals surface area contributed by atoms with Crippen LogP contribution in [0, 0.1) is 5.41 Å². The molecule has 1 unspecified atom stereocenters. The lowest BCUT2D eigenvalue weighted by atomic mass is 9.95. The zero-order valence-electron chi connectivity index (χ0n) is 13.0. The number of anilines is 1. The molecular formula is C15H21Cl3N2O2. The molecule has 0 aromatic heterocycles. The molecule has 124 valence electrons. The number of nitrogens with one attached hydrogen (secondary N) is 2. The lowest BCUT2D eigenvalue weighted by Crippen LogP contribution is -2.52. The predicted molar refractivity (Wildman–Crippen MR) is 92.9 cm³/mol. The SMILES string of the molecule is CCOc1ccc(NC(NC(=O)C(C)(C)C)C(Cl)(Cl)Cl)cc1. The number of alkyl halides is 3. The molecule has 1 amide bonds. The van der Waals surface area contributed by atoms with Gasteiger partial charge in [-0.15, -0.1) is 0 Å². The lowest BCUT2D eigenvalue weighted by Gasteiger charge is -2.30. The zero-order valence-corrected chi connectivity index (χ0v) is 15.3. The third kappa shape index (κ3) is 6.11. The van der Waals surface area contributed by atoms with E-state index in [1.807, 2.05) is 6.92 Å². The van der Waals surface area contributed by atoms with Gasteiger partial charge in [0.15, 0.2) is 0 Å². The van der Waals surface area contributed by atoms with Gasteiger partial charge in [0.1, 0.15) is 11.9 Å². The number of amides is 1. The summed E-state index contributed by atoms with van der Waals surface area (Å²) >= 11 is 17.9. The van der Waals surface area contributed by atoms with Crippen LogP contribution in [0.25, 0.3) is 0 Å². The predicted octanol–water partition coefficient (Wildman–Crippen LogP) is 4.36. The number of carbonyl (C=O) groups excluding carboxylic acids is 1. The number of hydrogen-bond acceptors (Lipinski definition) is 3. The Kier molecular flexibility index (Phi) is 6.65. The van der Waals surface area contributed by atoms with Gasteiger partial charge in [0, 0.05) is 11.1 Å². The van der Waals surface area contributed by atoms with Crippen molar-refractivity contribution in [3.05, 3.63) is 24.3 Å². The van der Waals surface area contributed by atoms with Crippen LogP contribution in [-0.4, -0.2) is 22.5 Å². The Morgan fingerprint density at radius 3 is 2.14 bits per heavy atom. The Bertz CT molecular complexity index is 493. The molecule has 0 aliphatic rings. The molecule has 1 rings (SSSR count). The largest absolute Gasteiger partial charge is 0.494 e. The minimum Gasteiger partial charge on any atom is -0.494 e. The maximum atomic E-state index is 12.1. The van der Waals surface area contributed by atoms with Crippen LogP contribution in [0.1, 0.15) is 27.7 Å². The second-order valence-electron chi connectivity index (χ2n) is 5.80. The Balaban J connectivity index is 2.84. The Morgan fingerprint density at radius 1 is 1.18 bits per heavy atom. The van der Waals surface area contributed by atoms with Gasteiger partial charge < -0.3 is 15.4 Å². The van der Waals surface area contributed by atoms with Gasteiger partial charge in [0.25, 0.3) is 0 Å². The van der Waals surface area contributed by atoms with Crippen molar-refractivity contribution in [3.8, 4) is 5.75 Å². The summed E-state index contributed by atoms with van der Waals surface area (Å²) in [6.07, 6.45) is -0.859. The average Bonchev–Trinajstić information content (AvgIpc) is 2.38. The molecule has 4 nitrogen and oxygen atoms in total.